The van der Waals surface area contributed by atoms with Crippen molar-refractivity contribution >= 4 is 25.8 Å². The van der Waals surface area contributed by atoms with E-state index in [1.165, 1.54) is 0 Å². The minimum absolute atomic E-state index is 0.113. The van der Waals surface area contributed by atoms with E-state index < -0.39 is 9.84 Å². The van der Waals surface area contributed by atoms with Crippen LogP contribution in [0.15, 0.2) is 33.6 Å². The molecule has 0 radical (unpaired) electrons. The highest BCUT2D eigenvalue weighted by molar-refractivity contribution is 9.10. The van der Waals surface area contributed by atoms with Crippen LogP contribution in [0.5, 0.6) is 0 Å². The molecule has 1 rings (SSSR count). The third-order valence-electron chi connectivity index (χ3n) is 2.42. The number of halogens is 1. The summed E-state index contributed by atoms with van der Waals surface area (Å²) >= 11 is 3.28. The van der Waals surface area contributed by atoms with Gasteiger partial charge in [-0.25, -0.2) is 8.42 Å². The monoisotopic (exact) mass is 335 g/mol. The van der Waals surface area contributed by atoms with Crippen LogP contribution in [0.25, 0.3) is 0 Å². The van der Waals surface area contributed by atoms with Gasteiger partial charge < -0.3 is 10.1 Å². The lowest BCUT2D eigenvalue weighted by Crippen LogP contribution is -2.24. The highest BCUT2D eigenvalue weighted by atomic mass is 79.9. The Labute approximate surface area is 117 Å². The van der Waals surface area contributed by atoms with E-state index in [0.29, 0.717) is 18.0 Å². The first-order valence-electron chi connectivity index (χ1n) is 5.74. The van der Waals surface area contributed by atoms with Gasteiger partial charge >= 0.3 is 0 Å². The molecule has 0 atom stereocenters. The van der Waals surface area contributed by atoms with Crippen molar-refractivity contribution in [1.82, 2.24) is 5.32 Å². The fraction of sp³-hybridized carbons (Fsp3) is 0.500. The first-order chi connectivity index (χ1) is 8.56. The summed E-state index contributed by atoms with van der Waals surface area (Å²) in [5.74, 6) is 0.113. The fourth-order valence-electron chi connectivity index (χ4n) is 1.43. The predicted octanol–water partition coefficient (Wildman–Crippen LogP) is 1.85. The highest BCUT2D eigenvalue weighted by Crippen LogP contribution is 2.15. The van der Waals surface area contributed by atoms with Crippen LogP contribution < -0.4 is 5.32 Å². The summed E-state index contributed by atoms with van der Waals surface area (Å²) in [5.41, 5.74) is 0. The first kappa shape index (κ1) is 15.6. The van der Waals surface area contributed by atoms with Gasteiger partial charge in [0.15, 0.2) is 9.84 Å². The second-order valence-corrected chi connectivity index (χ2v) is 6.89. The summed E-state index contributed by atoms with van der Waals surface area (Å²) in [7, 11) is -1.53. The molecule has 1 N–H and O–H groups in total. The van der Waals surface area contributed by atoms with Gasteiger partial charge in [0.25, 0.3) is 0 Å². The third-order valence-corrected chi connectivity index (χ3v) is 4.68. The maximum Gasteiger partial charge on any atom is 0.179 e. The molecular formula is C12H18BrNO3S. The zero-order valence-corrected chi connectivity index (χ0v) is 12.8. The lowest BCUT2D eigenvalue weighted by atomic mass is 10.4. The Morgan fingerprint density at radius 2 is 1.89 bits per heavy atom. The van der Waals surface area contributed by atoms with E-state index in [1.54, 1.807) is 31.4 Å². The molecule has 0 fully saturated rings. The number of sulfone groups is 1. The fourth-order valence-corrected chi connectivity index (χ4v) is 2.90. The van der Waals surface area contributed by atoms with E-state index >= 15 is 0 Å². The summed E-state index contributed by atoms with van der Waals surface area (Å²) in [5, 5.41) is 3.09. The molecule has 0 aliphatic heterocycles. The number of nitrogens with one attached hydrogen (secondary N) is 1. The SMILES string of the molecule is COCCCNCCS(=O)(=O)c1ccc(Br)cc1. The van der Waals surface area contributed by atoms with Gasteiger partial charge in [0, 0.05) is 24.7 Å². The normalized spacial score (nSPS) is 11.7. The average molecular weight is 336 g/mol. The van der Waals surface area contributed by atoms with E-state index in [1.807, 2.05) is 0 Å². The molecule has 0 aromatic heterocycles. The van der Waals surface area contributed by atoms with E-state index in [4.69, 9.17) is 4.74 Å². The molecule has 0 saturated carbocycles. The van der Waals surface area contributed by atoms with Gasteiger partial charge in [-0.05, 0) is 37.2 Å². The molecule has 0 heterocycles. The topological polar surface area (TPSA) is 55.4 Å². The van der Waals surface area contributed by atoms with Crippen LogP contribution in [0.4, 0.5) is 0 Å². The zero-order valence-electron chi connectivity index (χ0n) is 10.4. The standard InChI is InChI=1S/C12H18BrNO3S/c1-17-9-2-7-14-8-10-18(15,16)12-5-3-11(13)4-6-12/h3-6,14H,2,7-10H2,1H3. The van der Waals surface area contributed by atoms with E-state index in [2.05, 4.69) is 21.2 Å². The van der Waals surface area contributed by atoms with Gasteiger partial charge in [-0.3, -0.25) is 0 Å². The van der Waals surface area contributed by atoms with Gasteiger partial charge in [0.05, 0.1) is 10.6 Å². The van der Waals surface area contributed by atoms with Crippen molar-refractivity contribution < 1.29 is 13.2 Å². The summed E-state index contributed by atoms with van der Waals surface area (Å²) in [6.45, 7) is 1.91. The molecule has 0 unspecified atom stereocenters. The highest BCUT2D eigenvalue weighted by Gasteiger charge is 2.13. The molecule has 6 heteroatoms. The van der Waals surface area contributed by atoms with Gasteiger partial charge in [0.2, 0.25) is 0 Å². The first-order valence-corrected chi connectivity index (χ1v) is 8.19. The quantitative estimate of drug-likeness (QED) is 0.736. The predicted molar refractivity (Wildman–Crippen MR) is 75.6 cm³/mol. The van der Waals surface area contributed by atoms with Crippen molar-refractivity contribution in [3.63, 3.8) is 0 Å². The lowest BCUT2D eigenvalue weighted by molar-refractivity contribution is 0.194. The molecule has 0 bridgehead atoms. The van der Waals surface area contributed by atoms with Crippen LogP contribution in [0.3, 0.4) is 0 Å². The van der Waals surface area contributed by atoms with Crippen LogP contribution >= 0.6 is 15.9 Å². The molecule has 0 spiro atoms. The summed E-state index contributed by atoms with van der Waals surface area (Å²) in [4.78, 5) is 0.365. The van der Waals surface area contributed by atoms with Crippen LogP contribution in [0.1, 0.15) is 6.42 Å². The van der Waals surface area contributed by atoms with Gasteiger partial charge in [-0.1, -0.05) is 15.9 Å². The van der Waals surface area contributed by atoms with Crippen molar-refractivity contribution in [2.45, 2.75) is 11.3 Å². The molecule has 0 saturated heterocycles. The second kappa shape index (κ2) is 7.89. The lowest BCUT2D eigenvalue weighted by Gasteiger charge is -2.06. The summed E-state index contributed by atoms with van der Waals surface area (Å²) in [6.07, 6.45) is 0.884. The molecule has 4 nitrogen and oxygen atoms in total. The Hall–Kier alpha value is -0.430. The number of hydrogen-bond donors (Lipinski definition) is 1. The molecule has 0 aliphatic carbocycles. The molecular weight excluding hydrogens is 318 g/mol. The molecule has 0 amide bonds. The van der Waals surface area contributed by atoms with Crippen molar-refractivity contribution in [2.75, 3.05) is 32.6 Å². The number of methoxy groups -OCH3 is 1. The van der Waals surface area contributed by atoms with Crippen LogP contribution in [-0.2, 0) is 14.6 Å². The molecule has 1 aromatic rings. The number of benzene rings is 1. The molecule has 102 valence electrons. The number of rotatable bonds is 8. The minimum Gasteiger partial charge on any atom is -0.385 e. The molecule has 0 aliphatic rings. The van der Waals surface area contributed by atoms with Crippen molar-refractivity contribution in [3.8, 4) is 0 Å². The van der Waals surface area contributed by atoms with E-state index in [0.717, 1.165) is 17.4 Å². The summed E-state index contributed by atoms with van der Waals surface area (Å²) in [6, 6.07) is 6.70. The Kier molecular flexibility index (Phi) is 6.85. The van der Waals surface area contributed by atoms with E-state index in [-0.39, 0.29) is 5.75 Å². The Balaban J connectivity index is 2.38. The number of hydrogen-bond acceptors (Lipinski definition) is 4. The van der Waals surface area contributed by atoms with Crippen LogP contribution in [0.2, 0.25) is 0 Å². The number of ether oxygens (including phenoxy) is 1. The Morgan fingerprint density at radius 3 is 2.50 bits per heavy atom. The molecule has 18 heavy (non-hydrogen) atoms. The van der Waals surface area contributed by atoms with E-state index in [9.17, 15) is 8.42 Å². The zero-order chi connectivity index (χ0) is 13.4. The molecule has 1 aromatic carbocycles. The van der Waals surface area contributed by atoms with Crippen LogP contribution in [0, 0.1) is 0 Å². The maximum absolute atomic E-state index is 12.0. The van der Waals surface area contributed by atoms with Crippen molar-refractivity contribution in [1.29, 1.82) is 0 Å². The maximum atomic E-state index is 12.0. The minimum atomic E-state index is -3.18. The van der Waals surface area contributed by atoms with Crippen molar-refractivity contribution in [3.05, 3.63) is 28.7 Å². The van der Waals surface area contributed by atoms with Crippen LogP contribution in [-0.4, -0.2) is 41.0 Å². The second-order valence-electron chi connectivity index (χ2n) is 3.87. The average Bonchev–Trinajstić information content (AvgIpc) is 2.34. The Bertz CT molecular complexity index is 445. The van der Waals surface area contributed by atoms with Crippen molar-refractivity contribution in [2.24, 2.45) is 0 Å². The Morgan fingerprint density at radius 1 is 1.22 bits per heavy atom. The largest absolute Gasteiger partial charge is 0.385 e. The van der Waals surface area contributed by atoms with Gasteiger partial charge in [-0.15, -0.1) is 0 Å². The smallest absolute Gasteiger partial charge is 0.179 e. The summed E-state index contributed by atoms with van der Waals surface area (Å²) < 4.78 is 29.7. The van der Waals surface area contributed by atoms with Gasteiger partial charge in [0.1, 0.15) is 0 Å². The van der Waals surface area contributed by atoms with Gasteiger partial charge in [-0.2, -0.15) is 0 Å². The third kappa shape index (κ3) is 5.48.